The molecule has 662 valence electrons. The number of nitrogens with zero attached hydrogens (tertiary/aromatic N) is 8. The predicted molar refractivity (Wildman–Crippen MR) is 493 cm³/mol. The van der Waals surface area contributed by atoms with Crippen LogP contribution in [0.15, 0.2) is 72.8 Å². The molecule has 5 fully saturated rings. The van der Waals surface area contributed by atoms with Crippen molar-refractivity contribution < 1.29 is 39.6 Å². The molecule has 20 heteroatoms. The molecule has 0 saturated heterocycles. The zero-order valence-corrected chi connectivity index (χ0v) is 74.9. The van der Waals surface area contributed by atoms with E-state index >= 15 is 0 Å². The van der Waals surface area contributed by atoms with E-state index in [4.69, 9.17) is 39.9 Å². The van der Waals surface area contributed by atoms with E-state index in [0.717, 1.165) is 246 Å². The lowest BCUT2D eigenvalue weighted by molar-refractivity contribution is -0.119. The highest BCUT2D eigenvalue weighted by atomic mass is 16.3. The van der Waals surface area contributed by atoms with Gasteiger partial charge in [-0.25, -0.2) is 39.9 Å². The molecule has 1 unspecified atom stereocenters. The summed E-state index contributed by atoms with van der Waals surface area (Å²) in [6.45, 7) is 9.85. The number of aromatic nitrogens is 8. The maximum atomic E-state index is 13.0. The van der Waals surface area contributed by atoms with Gasteiger partial charge in [0.15, 0.2) is 23.3 Å². The molecular weight excluding hydrogens is 1550 g/mol. The smallest absolute Gasteiger partial charge is 0.228 e. The summed E-state index contributed by atoms with van der Waals surface area (Å²) in [5, 5.41) is 50.2. The minimum Gasteiger partial charge on any atom is -0.392 e. The van der Waals surface area contributed by atoms with Crippen LogP contribution in [0.3, 0.4) is 0 Å². The Kier molecular flexibility index (Phi) is 33.0. The SMILES string of the molecule is CC(=O)Nc1nc2c(nc1CCC1CCCCC1)-c1ccc(CO)cc1CC2.CC(C)CC(=O)Nc1nc2c(nc1CCC1CCCCC1)-c1ccc(CO)cc1CC2.CCC(C)C(=O)Nc1nc2c(nc1CCC1CCCCC1)-c1ccc(CO)cc1CC2.O=C(CC1CCCCC1)Nc1nc2c(nc1CCC1CCCCC1)-c1ccc(CO)cc1CC2. The molecule has 124 heavy (non-hydrogen) atoms. The van der Waals surface area contributed by atoms with E-state index in [1.165, 1.54) is 190 Å². The topological polar surface area (TPSA) is 300 Å². The Morgan fingerprint density at radius 3 is 0.895 bits per heavy atom. The van der Waals surface area contributed by atoms with Gasteiger partial charge in [0.25, 0.3) is 0 Å². The van der Waals surface area contributed by atoms with E-state index in [1.54, 1.807) is 0 Å². The maximum absolute atomic E-state index is 13.0. The second kappa shape index (κ2) is 44.9. The molecule has 20 nitrogen and oxygen atoms in total. The first-order valence-electron chi connectivity index (χ1n) is 48.1. The molecule has 0 spiro atoms. The van der Waals surface area contributed by atoms with Gasteiger partial charge in [-0.2, -0.15) is 0 Å². The monoisotopic (exact) mass is 1680 g/mol. The fourth-order valence-electron chi connectivity index (χ4n) is 20.7. The molecule has 1 atom stereocenters. The van der Waals surface area contributed by atoms with E-state index in [0.29, 0.717) is 47.9 Å². The van der Waals surface area contributed by atoms with Gasteiger partial charge in [0, 0.05) is 47.9 Å². The lowest BCUT2D eigenvalue weighted by Crippen LogP contribution is -2.23. The quantitative estimate of drug-likeness (QED) is 0.0250. The van der Waals surface area contributed by atoms with Gasteiger partial charge in [0.1, 0.15) is 0 Å². The van der Waals surface area contributed by atoms with E-state index in [1.807, 2.05) is 38.1 Å². The van der Waals surface area contributed by atoms with Crippen molar-refractivity contribution in [2.75, 3.05) is 21.3 Å². The second-order valence-electron chi connectivity index (χ2n) is 37.9. The van der Waals surface area contributed by atoms with Crippen molar-refractivity contribution in [1.82, 2.24) is 39.9 Å². The highest BCUT2D eigenvalue weighted by Gasteiger charge is 2.31. The minimum atomic E-state index is -0.100. The highest BCUT2D eigenvalue weighted by Crippen LogP contribution is 2.42. The molecule has 17 rings (SSSR count). The van der Waals surface area contributed by atoms with Crippen LogP contribution in [-0.4, -0.2) is 83.9 Å². The van der Waals surface area contributed by atoms with Gasteiger partial charge in [0.05, 0.1) is 94.8 Å². The summed E-state index contributed by atoms with van der Waals surface area (Å²) in [5.74, 6) is 6.52. The van der Waals surface area contributed by atoms with Gasteiger partial charge in [-0.05, 0) is 202 Å². The van der Waals surface area contributed by atoms with Gasteiger partial charge in [-0.3, -0.25) is 19.2 Å². The molecule has 8 N–H and O–H groups in total. The molecular formula is C104H138N12O8. The van der Waals surface area contributed by atoms with Crippen LogP contribution in [0, 0.1) is 41.4 Å². The minimum absolute atomic E-state index is 0.0203. The lowest BCUT2D eigenvalue weighted by atomic mass is 9.85. The zero-order valence-electron chi connectivity index (χ0n) is 74.9. The van der Waals surface area contributed by atoms with Crippen molar-refractivity contribution in [2.24, 2.45) is 41.4 Å². The molecule has 0 radical (unpaired) electrons. The molecule has 4 amide bonds. The van der Waals surface area contributed by atoms with Crippen molar-refractivity contribution in [3.05, 3.63) is 163 Å². The molecule has 9 aliphatic carbocycles. The number of amides is 4. The Balaban J connectivity index is 0.000000135. The highest BCUT2D eigenvalue weighted by molar-refractivity contribution is 5.93. The first kappa shape index (κ1) is 91.1. The molecule has 8 aromatic rings. The van der Waals surface area contributed by atoms with Gasteiger partial charge >= 0.3 is 0 Å². The summed E-state index contributed by atoms with van der Waals surface area (Å²) in [5.41, 5.74) is 24.5. The number of aryl methyl sites for hydroxylation is 12. The molecule has 4 aromatic heterocycles. The van der Waals surface area contributed by atoms with Crippen molar-refractivity contribution in [3.63, 3.8) is 0 Å². The van der Waals surface area contributed by atoms with Crippen LogP contribution in [0.5, 0.6) is 0 Å². The van der Waals surface area contributed by atoms with Crippen LogP contribution < -0.4 is 21.3 Å². The summed E-state index contributed by atoms with van der Waals surface area (Å²) < 4.78 is 0. The number of hydrogen-bond acceptors (Lipinski definition) is 16. The second-order valence-corrected chi connectivity index (χ2v) is 37.9. The average Bonchev–Trinajstić information content (AvgIpc) is 0.784. The number of benzene rings is 4. The lowest BCUT2D eigenvalue weighted by Gasteiger charge is -2.24. The number of carbonyl (C=O) groups is 4. The third kappa shape index (κ3) is 24.4. The van der Waals surface area contributed by atoms with Crippen LogP contribution in [0.1, 0.15) is 330 Å². The Hall–Kier alpha value is -9.08. The first-order chi connectivity index (χ1) is 60.4. The number of aliphatic hydroxyl groups is 4. The molecule has 5 saturated carbocycles. The van der Waals surface area contributed by atoms with Crippen molar-refractivity contribution in [3.8, 4) is 45.0 Å². The van der Waals surface area contributed by atoms with Crippen molar-refractivity contribution >= 4 is 46.9 Å². The largest absolute Gasteiger partial charge is 0.392 e. The van der Waals surface area contributed by atoms with E-state index in [2.05, 4.69) is 83.6 Å². The zero-order chi connectivity index (χ0) is 86.4. The Labute approximate surface area is 736 Å². The van der Waals surface area contributed by atoms with Crippen LogP contribution in [-0.2, 0) is 123 Å². The number of anilines is 4. The molecule has 0 aliphatic heterocycles. The molecule has 9 aliphatic rings. The first-order valence-corrected chi connectivity index (χ1v) is 48.1. The third-order valence-electron chi connectivity index (χ3n) is 28.1. The number of aliphatic hydroxyl groups excluding tert-OH is 4. The summed E-state index contributed by atoms with van der Waals surface area (Å²) >= 11 is 0. The maximum Gasteiger partial charge on any atom is 0.228 e. The Morgan fingerprint density at radius 2 is 0.621 bits per heavy atom. The van der Waals surface area contributed by atoms with Gasteiger partial charge in [-0.1, -0.05) is 248 Å². The summed E-state index contributed by atoms with van der Waals surface area (Å²) in [4.78, 5) is 89.8. The van der Waals surface area contributed by atoms with Gasteiger partial charge in [-0.15, -0.1) is 0 Å². The standard InChI is InChI=1S/C29H39N3O2.2C26H35N3O2.C23H29N3O2/c33-19-22-11-14-24-23(17-22)13-16-25-28(24)30-26(15-12-20-7-3-1-4-8-20)29(31-25)32-27(34)18-21-9-5-2-6-10-21;1-17(2)14-24(31)29-26-23(12-9-18-6-4-3-5-7-18)27-25-21-11-8-19(16-30)15-20(21)10-13-22(25)28-26;1-3-17(2)26(31)29-25-23(13-10-18-7-5-4-6-8-18)27-24-21-12-9-19(16-30)15-20(21)11-14-22(24)28-25;1-15(28)24-23-21(11-8-16-5-3-2-4-6-16)25-22-19-10-7-17(14-27)13-18(19)9-12-20(22)26-23/h11,14,17,20-21,33H,1-10,12-13,15-16,18-19H2,(H,31,32,34);8,11,15,17-18,30H,3-7,9-10,12-14,16H2,1-2H3,(H,28,29,31);9,12,15,17-18,30H,3-8,10-11,13-14,16H2,1-2H3,(H,28,29,31);7,10,13,16,27H,2-6,8-9,11-12,14H2,1H3,(H,24,26,28). The van der Waals surface area contributed by atoms with E-state index in [9.17, 15) is 39.6 Å². The third-order valence-corrected chi connectivity index (χ3v) is 28.1. The normalized spacial score (nSPS) is 17.1. The molecule has 4 aromatic carbocycles. The van der Waals surface area contributed by atoms with Crippen molar-refractivity contribution in [1.29, 1.82) is 0 Å². The number of carbonyl (C=O) groups excluding carboxylic acids is 4. The number of fused-ring (bicyclic) bond motifs is 12. The number of nitrogens with one attached hydrogen (secondary N) is 4. The summed E-state index contributed by atoms with van der Waals surface area (Å²) in [6.07, 6.45) is 49.3. The van der Waals surface area contributed by atoms with Gasteiger partial charge in [0.2, 0.25) is 23.6 Å². The van der Waals surface area contributed by atoms with E-state index < -0.39 is 0 Å². The predicted octanol–water partition coefficient (Wildman–Crippen LogP) is 20.8. The number of hydrogen-bond donors (Lipinski definition) is 8. The Morgan fingerprint density at radius 1 is 0.347 bits per heavy atom. The van der Waals surface area contributed by atoms with Crippen LogP contribution in [0.4, 0.5) is 23.3 Å². The average molecular weight is 1680 g/mol. The summed E-state index contributed by atoms with van der Waals surface area (Å²) in [7, 11) is 0. The number of rotatable bonds is 26. The van der Waals surface area contributed by atoms with Gasteiger partial charge < -0.3 is 41.7 Å². The fourth-order valence-corrected chi connectivity index (χ4v) is 20.7. The fraction of sp³-hybridized carbons (Fsp3) is 0.577. The summed E-state index contributed by atoms with van der Waals surface area (Å²) in [6, 6.07) is 24.5. The van der Waals surface area contributed by atoms with Crippen LogP contribution in [0.2, 0.25) is 0 Å². The van der Waals surface area contributed by atoms with Crippen LogP contribution in [0.25, 0.3) is 45.0 Å². The van der Waals surface area contributed by atoms with E-state index in [-0.39, 0.29) is 56.0 Å². The Bertz CT molecular complexity index is 4970. The molecule has 4 heterocycles. The molecule has 0 bridgehead atoms. The van der Waals surface area contributed by atoms with Crippen molar-refractivity contribution in [2.45, 2.75) is 344 Å². The van der Waals surface area contributed by atoms with Crippen LogP contribution >= 0.6 is 0 Å².